The SMILES string of the molecule is CC(C(=O)NC(=O)NC1CCCC1)N1CCN(c2ncnc3c2cnn3C)CC1. The molecule has 29 heavy (non-hydrogen) atoms. The van der Waals surface area contributed by atoms with Gasteiger partial charge in [-0.25, -0.2) is 14.8 Å². The number of aromatic nitrogens is 4. The zero-order chi connectivity index (χ0) is 20.4. The summed E-state index contributed by atoms with van der Waals surface area (Å²) in [5, 5.41) is 10.6. The lowest BCUT2D eigenvalue weighted by Gasteiger charge is -2.38. The number of imide groups is 1. The van der Waals surface area contributed by atoms with Crippen LogP contribution in [0.4, 0.5) is 10.6 Å². The van der Waals surface area contributed by atoms with Crippen molar-refractivity contribution in [2.45, 2.75) is 44.7 Å². The molecule has 2 aliphatic rings. The number of nitrogens with zero attached hydrogens (tertiary/aromatic N) is 6. The first kappa shape index (κ1) is 19.6. The van der Waals surface area contributed by atoms with Gasteiger partial charge >= 0.3 is 6.03 Å². The first-order valence-electron chi connectivity index (χ1n) is 10.3. The summed E-state index contributed by atoms with van der Waals surface area (Å²) in [4.78, 5) is 37.6. The second-order valence-corrected chi connectivity index (χ2v) is 7.85. The summed E-state index contributed by atoms with van der Waals surface area (Å²) in [5.41, 5.74) is 0.804. The summed E-state index contributed by atoms with van der Waals surface area (Å²) in [7, 11) is 1.86. The van der Waals surface area contributed by atoms with Crippen molar-refractivity contribution in [3.63, 3.8) is 0 Å². The van der Waals surface area contributed by atoms with Crippen molar-refractivity contribution in [1.29, 1.82) is 0 Å². The monoisotopic (exact) mass is 400 g/mol. The van der Waals surface area contributed by atoms with Crippen LogP contribution in [0, 0.1) is 0 Å². The number of carbonyl (C=O) groups excluding carboxylic acids is 2. The highest BCUT2D eigenvalue weighted by Gasteiger charge is 2.28. The second kappa shape index (κ2) is 8.32. The number of nitrogens with one attached hydrogen (secondary N) is 2. The Bertz CT molecular complexity index is 883. The number of rotatable bonds is 4. The van der Waals surface area contributed by atoms with Crippen molar-refractivity contribution in [1.82, 2.24) is 35.3 Å². The maximum Gasteiger partial charge on any atom is 0.321 e. The molecule has 1 aliphatic heterocycles. The molecule has 0 bridgehead atoms. The Morgan fingerprint density at radius 3 is 2.59 bits per heavy atom. The number of hydrogen-bond acceptors (Lipinski definition) is 7. The number of urea groups is 1. The molecule has 0 spiro atoms. The largest absolute Gasteiger partial charge is 0.353 e. The van der Waals surface area contributed by atoms with Crippen LogP contribution in [0.1, 0.15) is 32.6 Å². The van der Waals surface area contributed by atoms with Crippen molar-refractivity contribution < 1.29 is 9.59 Å². The minimum Gasteiger partial charge on any atom is -0.353 e. The average Bonchev–Trinajstić information content (AvgIpc) is 3.37. The van der Waals surface area contributed by atoms with Gasteiger partial charge in [-0.05, 0) is 19.8 Å². The van der Waals surface area contributed by atoms with Crippen LogP contribution in [-0.4, -0.2) is 74.8 Å². The van der Waals surface area contributed by atoms with E-state index in [-0.39, 0.29) is 24.0 Å². The molecule has 2 N–H and O–H groups in total. The number of amides is 3. The molecule has 0 aromatic carbocycles. The van der Waals surface area contributed by atoms with Gasteiger partial charge in [-0.2, -0.15) is 5.10 Å². The van der Waals surface area contributed by atoms with E-state index in [1.807, 2.05) is 14.0 Å². The first-order chi connectivity index (χ1) is 14.0. The minimum atomic E-state index is -0.382. The molecular formula is C19H28N8O2. The smallest absolute Gasteiger partial charge is 0.321 e. The van der Waals surface area contributed by atoms with E-state index in [1.54, 1.807) is 17.2 Å². The van der Waals surface area contributed by atoms with Gasteiger partial charge in [0.05, 0.1) is 17.6 Å². The number of anilines is 1. The van der Waals surface area contributed by atoms with Crippen molar-refractivity contribution in [3.05, 3.63) is 12.5 Å². The molecule has 1 unspecified atom stereocenters. The Labute approximate surface area is 169 Å². The normalized spacial score (nSPS) is 19.4. The van der Waals surface area contributed by atoms with E-state index in [2.05, 4.69) is 35.5 Å². The maximum atomic E-state index is 12.5. The lowest BCUT2D eigenvalue weighted by molar-refractivity contribution is -0.124. The van der Waals surface area contributed by atoms with E-state index in [0.717, 1.165) is 55.6 Å². The Balaban J connectivity index is 1.31. The molecule has 3 amide bonds. The summed E-state index contributed by atoms with van der Waals surface area (Å²) >= 11 is 0. The zero-order valence-corrected chi connectivity index (χ0v) is 17.0. The van der Waals surface area contributed by atoms with E-state index in [4.69, 9.17) is 0 Å². The summed E-state index contributed by atoms with van der Waals surface area (Å²) in [6.45, 7) is 4.76. The van der Waals surface area contributed by atoms with Gasteiger partial charge in [0, 0.05) is 39.3 Å². The van der Waals surface area contributed by atoms with Gasteiger partial charge in [0.1, 0.15) is 12.1 Å². The molecule has 2 fully saturated rings. The Morgan fingerprint density at radius 1 is 1.14 bits per heavy atom. The number of hydrogen-bond donors (Lipinski definition) is 2. The van der Waals surface area contributed by atoms with Crippen molar-refractivity contribution in [3.8, 4) is 0 Å². The fraction of sp³-hybridized carbons (Fsp3) is 0.632. The number of fused-ring (bicyclic) bond motifs is 1. The quantitative estimate of drug-likeness (QED) is 0.775. The highest BCUT2D eigenvalue weighted by atomic mass is 16.2. The van der Waals surface area contributed by atoms with Crippen LogP contribution in [-0.2, 0) is 11.8 Å². The van der Waals surface area contributed by atoms with Gasteiger partial charge < -0.3 is 10.2 Å². The van der Waals surface area contributed by atoms with Crippen LogP contribution >= 0.6 is 0 Å². The third kappa shape index (κ3) is 4.16. The fourth-order valence-corrected chi connectivity index (χ4v) is 4.20. The molecule has 0 radical (unpaired) electrons. The Kier molecular flexibility index (Phi) is 5.61. The standard InChI is InChI=1S/C19H28N8O2/c1-13(18(28)24-19(29)23-14-5-3-4-6-14)26-7-9-27(10-8-26)17-15-11-22-25(2)16(15)20-12-21-17/h11-14H,3-10H2,1-2H3,(H2,23,24,28,29). The topological polar surface area (TPSA) is 108 Å². The van der Waals surface area contributed by atoms with Crippen LogP contribution in [0.5, 0.6) is 0 Å². The molecule has 10 nitrogen and oxygen atoms in total. The van der Waals surface area contributed by atoms with Crippen molar-refractivity contribution in [2.75, 3.05) is 31.1 Å². The summed E-state index contributed by atoms with van der Waals surface area (Å²) in [6.07, 6.45) is 7.61. The van der Waals surface area contributed by atoms with Crippen LogP contribution in [0.15, 0.2) is 12.5 Å². The molecule has 1 aliphatic carbocycles. The van der Waals surface area contributed by atoms with Crippen LogP contribution < -0.4 is 15.5 Å². The third-order valence-electron chi connectivity index (χ3n) is 5.98. The molecule has 10 heteroatoms. The molecule has 2 aromatic heterocycles. The van der Waals surface area contributed by atoms with Crippen LogP contribution in [0.3, 0.4) is 0 Å². The Morgan fingerprint density at radius 2 is 1.86 bits per heavy atom. The Hall–Kier alpha value is -2.75. The molecular weight excluding hydrogens is 372 g/mol. The van der Waals surface area contributed by atoms with E-state index < -0.39 is 0 Å². The highest BCUT2D eigenvalue weighted by Crippen LogP contribution is 2.23. The summed E-state index contributed by atoms with van der Waals surface area (Å²) in [5.74, 6) is 0.612. The third-order valence-corrected chi connectivity index (χ3v) is 5.98. The van der Waals surface area contributed by atoms with Crippen LogP contribution in [0.25, 0.3) is 11.0 Å². The predicted octanol–water partition coefficient (Wildman–Crippen LogP) is 0.642. The molecule has 1 saturated heterocycles. The molecule has 2 aromatic rings. The van der Waals surface area contributed by atoms with E-state index in [1.165, 1.54) is 0 Å². The van der Waals surface area contributed by atoms with Crippen molar-refractivity contribution in [2.24, 2.45) is 7.05 Å². The number of piperazine rings is 1. The fourth-order valence-electron chi connectivity index (χ4n) is 4.20. The maximum absolute atomic E-state index is 12.5. The van der Waals surface area contributed by atoms with E-state index in [9.17, 15) is 9.59 Å². The molecule has 4 rings (SSSR count). The summed E-state index contributed by atoms with van der Waals surface area (Å²) in [6, 6.07) is -0.554. The van der Waals surface area contributed by atoms with Crippen LogP contribution in [0.2, 0.25) is 0 Å². The average molecular weight is 400 g/mol. The van der Waals surface area contributed by atoms with Gasteiger partial charge in [-0.15, -0.1) is 0 Å². The number of carbonyl (C=O) groups is 2. The molecule has 1 atom stereocenters. The molecule has 3 heterocycles. The van der Waals surface area contributed by atoms with E-state index >= 15 is 0 Å². The van der Waals surface area contributed by atoms with Crippen molar-refractivity contribution >= 4 is 28.8 Å². The molecule has 156 valence electrons. The molecule has 1 saturated carbocycles. The van der Waals surface area contributed by atoms with Gasteiger partial charge in [0.2, 0.25) is 5.91 Å². The zero-order valence-electron chi connectivity index (χ0n) is 17.0. The summed E-state index contributed by atoms with van der Waals surface area (Å²) < 4.78 is 1.74. The minimum absolute atomic E-state index is 0.193. The van der Waals surface area contributed by atoms with Gasteiger partial charge in [0.15, 0.2) is 5.65 Å². The van der Waals surface area contributed by atoms with E-state index in [0.29, 0.717) is 13.1 Å². The lowest BCUT2D eigenvalue weighted by atomic mass is 10.2. The highest BCUT2D eigenvalue weighted by molar-refractivity contribution is 5.97. The first-order valence-corrected chi connectivity index (χ1v) is 10.3. The lowest BCUT2D eigenvalue weighted by Crippen LogP contribution is -2.56. The predicted molar refractivity (Wildman–Crippen MR) is 108 cm³/mol. The van der Waals surface area contributed by atoms with Gasteiger partial charge in [-0.1, -0.05) is 12.8 Å². The van der Waals surface area contributed by atoms with Gasteiger partial charge in [0.25, 0.3) is 0 Å². The van der Waals surface area contributed by atoms with Gasteiger partial charge in [-0.3, -0.25) is 19.7 Å². The number of aryl methyl sites for hydroxylation is 1. The second-order valence-electron chi connectivity index (χ2n) is 7.85.